The number of nitrogens with one attached hydrogen (secondary N) is 1. The molecule has 1 N–H and O–H groups in total. The van der Waals surface area contributed by atoms with Crippen LogP contribution >= 0.6 is 0 Å². The van der Waals surface area contributed by atoms with Crippen LogP contribution in [-0.4, -0.2) is 25.8 Å². The van der Waals surface area contributed by atoms with E-state index in [0.717, 1.165) is 6.04 Å². The first-order valence-corrected chi connectivity index (χ1v) is 5.63. The molecule has 0 aromatic rings. The highest BCUT2D eigenvalue weighted by Gasteiger charge is 2.27. The number of hydrogen-bond donors (Lipinski definition) is 1. The van der Waals surface area contributed by atoms with E-state index in [4.69, 9.17) is 4.74 Å². The van der Waals surface area contributed by atoms with Gasteiger partial charge in [-0.2, -0.15) is 0 Å². The summed E-state index contributed by atoms with van der Waals surface area (Å²) < 4.78 is 5.22. The van der Waals surface area contributed by atoms with Crippen molar-refractivity contribution in [2.24, 2.45) is 0 Å². The van der Waals surface area contributed by atoms with Crippen molar-refractivity contribution in [2.45, 2.75) is 57.6 Å². The van der Waals surface area contributed by atoms with Crippen LogP contribution in [0.2, 0.25) is 0 Å². The Labute approximate surface area is 82.0 Å². The topological polar surface area (TPSA) is 21.3 Å². The maximum absolute atomic E-state index is 5.22. The van der Waals surface area contributed by atoms with Crippen molar-refractivity contribution >= 4 is 0 Å². The SMILES string of the molecule is CCCCCCNC1CC(OC)C1. The Bertz CT molecular complexity index is 121. The smallest absolute Gasteiger partial charge is 0.0601 e. The van der Waals surface area contributed by atoms with Crippen molar-refractivity contribution in [3.05, 3.63) is 0 Å². The van der Waals surface area contributed by atoms with Gasteiger partial charge in [-0.25, -0.2) is 0 Å². The number of methoxy groups -OCH3 is 1. The molecule has 2 nitrogen and oxygen atoms in total. The van der Waals surface area contributed by atoms with Gasteiger partial charge in [0.15, 0.2) is 0 Å². The molecule has 13 heavy (non-hydrogen) atoms. The molecule has 1 aliphatic carbocycles. The van der Waals surface area contributed by atoms with Gasteiger partial charge in [0, 0.05) is 13.2 Å². The molecule has 1 rings (SSSR count). The van der Waals surface area contributed by atoms with Gasteiger partial charge < -0.3 is 10.1 Å². The monoisotopic (exact) mass is 185 g/mol. The molecule has 0 spiro atoms. The van der Waals surface area contributed by atoms with Crippen molar-refractivity contribution < 1.29 is 4.74 Å². The summed E-state index contributed by atoms with van der Waals surface area (Å²) in [6.07, 6.45) is 8.39. The molecule has 78 valence electrons. The van der Waals surface area contributed by atoms with Crippen LogP contribution in [0.5, 0.6) is 0 Å². The van der Waals surface area contributed by atoms with Gasteiger partial charge in [0.05, 0.1) is 6.10 Å². The lowest BCUT2D eigenvalue weighted by atomic mass is 9.89. The first-order valence-electron chi connectivity index (χ1n) is 5.63. The van der Waals surface area contributed by atoms with Gasteiger partial charge in [-0.05, 0) is 25.8 Å². The highest BCUT2D eigenvalue weighted by atomic mass is 16.5. The van der Waals surface area contributed by atoms with E-state index in [2.05, 4.69) is 12.2 Å². The predicted octanol–water partition coefficient (Wildman–Crippen LogP) is 2.33. The minimum atomic E-state index is 0.535. The zero-order chi connectivity index (χ0) is 9.52. The van der Waals surface area contributed by atoms with Crippen molar-refractivity contribution in [1.29, 1.82) is 0 Å². The largest absolute Gasteiger partial charge is 0.381 e. The van der Waals surface area contributed by atoms with Crippen LogP contribution in [0.1, 0.15) is 45.4 Å². The summed E-state index contributed by atoms with van der Waals surface area (Å²) in [5.41, 5.74) is 0. The highest BCUT2D eigenvalue weighted by Crippen LogP contribution is 2.22. The molecule has 1 aliphatic rings. The summed E-state index contributed by atoms with van der Waals surface area (Å²) in [6, 6.07) is 0.742. The molecule has 0 bridgehead atoms. The lowest BCUT2D eigenvalue weighted by Crippen LogP contribution is -2.45. The lowest BCUT2D eigenvalue weighted by Gasteiger charge is -2.34. The van der Waals surface area contributed by atoms with Crippen LogP contribution in [0.3, 0.4) is 0 Å². The van der Waals surface area contributed by atoms with E-state index >= 15 is 0 Å². The quantitative estimate of drug-likeness (QED) is 0.615. The molecular formula is C11H23NO. The zero-order valence-corrected chi connectivity index (χ0v) is 9.01. The molecule has 0 atom stereocenters. The Morgan fingerprint density at radius 3 is 2.62 bits per heavy atom. The first-order chi connectivity index (χ1) is 6.36. The van der Waals surface area contributed by atoms with Crippen molar-refractivity contribution in [2.75, 3.05) is 13.7 Å². The average molecular weight is 185 g/mol. The van der Waals surface area contributed by atoms with Gasteiger partial charge in [0.1, 0.15) is 0 Å². The van der Waals surface area contributed by atoms with Crippen LogP contribution in [0.25, 0.3) is 0 Å². The normalized spacial score (nSPS) is 27.2. The van der Waals surface area contributed by atoms with Gasteiger partial charge in [-0.3, -0.25) is 0 Å². The summed E-state index contributed by atoms with van der Waals surface area (Å²) in [7, 11) is 1.81. The third kappa shape index (κ3) is 4.10. The number of ether oxygens (including phenoxy) is 1. The van der Waals surface area contributed by atoms with Crippen LogP contribution in [-0.2, 0) is 4.74 Å². The van der Waals surface area contributed by atoms with E-state index in [9.17, 15) is 0 Å². The first kappa shape index (κ1) is 11.0. The Morgan fingerprint density at radius 2 is 2.00 bits per heavy atom. The van der Waals surface area contributed by atoms with Gasteiger partial charge in [0.2, 0.25) is 0 Å². The van der Waals surface area contributed by atoms with E-state index in [0.29, 0.717) is 6.10 Å². The molecule has 0 unspecified atom stereocenters. The Kier molecular flexibility index (Phi) is 5.40. The standard InChI is InChI=1S/C11H23NO/c1-3-4-5-6-7-12-10-8-11(9-10)13-2/h10-12H,3-9H2,1-2H3. The highest BCUT2D eigenvalue weighted by molar-refractivity contribution is 4.85. The van der Waals surface area contributed by atoms with E-state index in [1.54, 1.807) is 0 Å². The van der Waals surface area contributed by atoms with Crippen molar-refractivity contribution in [3.63, 3.8) is 0 Å². The molecular weight excluding hydrogens is 162 g/mol. The fraction of sp³-hybridized carbons (Fsp3) is 1.00. The molecule has 2 heteroatoms. The Morgan fingerprint density at radius 1 is 1.23 bits per heavy atom. The minimum Gasteiger partial charge on any atom is -0.381 e. The minimum absolute atomic E-state index is 0.535. The molecule has 0 aromatic heterocycles. The molecule has 0 saturated heterocycles. The lowest BCUT2D eigenvalue weighted by molar-refractivity contribution is 0.0175. The van der Waals surface area contributed by atoms with Crippen LogP contribution in [0.4, 0.5) is 0 Å². The van der Waals surface area contributed by atoms with Crippen molar-refractivity contribution in [3.8, 4) is 0 Å². The maximum atomic E-state index is 5.22. The van der Waals surface area contributed by atoms with Crippen LogP contribution in [0, 0.1) is 0 Å². The number of unbranched alkanes of at least 4 members (excludes halogenated alkanes) is 3. The predicted molar refractivity (Wildman–Crippen MR) is 56.0 cm³/mol. The second-order valence-corrected chi connectivity index (χ2v) is 4.04. The Hall–Kier alpha value is -0.0800. The summed E-state index contributed by atoms with van der Waals surface area (Å²) in [5, 5.41) is 3.56. The molecule has 1 saturated carbocycles. The van der Waals surface area contributed by atoms with Crippen LogP contribution in [0.15, 0.2) is 0 Å². The Balaban J connectivity index is 1.80. The second kappa shape index (κ2) is 6.39. The fourth-order valence-electron chi connectivity index (χ4n) is 1.78. The second-order valence-electron chi connectivity index (χ2n) is 4.04. The zero-order valence-electron chi connectivity index (χ0n) is 9.01. The average Bonchev–Trinajstić information content (AvgIpc) is 2.08. The van der Waals surface area contributed by atoms with E-state index in [1.165, 1.54) is 45.1 Å². The molecule has 0 aromatic carbocycles. The van der Waals surface area contributed by atoms with E-state index in [-0.39, 0.29) is 0 Å². The fourth-order valence-corrected chi connectivity index (χ4v) is 1.78. The van der Waals surface area contributed by atoms with Gasteiger partial charge in [0.25, 0.3) is 0 Å². The van der Waals surface area contributed by atoms with Gasteiger partial charge in [-0.15, -0.1) is 0 Å². The maximum Gasteiger partial charge on any atom is 0.0601 e. The van der Waals surface area contributed by atoms with Gasteiger partial charge >= 0.3 is 0 Å². The van der Waals surface area contributed by atoms with Crippen LogP contribution < -0.4 is 5.32 Å². The van der Waals surface area contributed by atoms with Gasteiger partial charge in [-0.1, -0.05) is 26.2 Å². The summed E-state index contributed by atoms with van der Waals surface area (Å²) >= 11 is 0. The number of rotatable bonds is 7. The summed E-state index contributed by atoms with van der Waals surface area (Å²) in [4.78, 5) is 0. The number of hydrogen-bond acceptors (Lipinski definition) is 2. The molecule has 0 heterocycles. The summed E-state index contributed by atoms with van der Waals surface area (Å²) in [6.45, 7) is 3.45. The molecule has 0 radical (unpaired) electrons. The third-order valence-electron chi connectivity index (χ3n) is 2.89. The van der Waals surface area contributed by atoms with E-state index < -0.39 is 0 Å². The van der Waals surface area contributed by atoms with Crippen molar-refractivity contribution in [1.82, 2.24) is 5.32 Å². The summed E-state index contributed by atoms with van der Waals surface area (Å²) in [5.74, 6) is 0. The molecule has 0 amide bonds. The molecule has 1 fully saturated rings. The van der Waals surface area contributed by atoms with E-state index in [1.807, 2.05) is 7.11 Å². The molecule has 0 aliphatic heterocycles. The third-order valence-corrected chi connectivity index (χ3v) is 2.89.